The predicted octanol–water partition coefficient (Wildman–Crippen LogP) is 1.62. The van der Waals surface area contributed by atoms with E-state index >= 15 is 0 Å². The normalized spacial score (nSPS) is 23.6. The molecule has 0 aliphatic carbocycles. The van der Waals surface area contributed by atoms with Crippen molar-refractivity contribution in [2.24, 2.45) is 0 Å². The molecule has 0 bridgehead atoms. The molecule has 1 fully saturated rings. The summed E-state index contributed by atoms with van der Waals surface area (Å²) < 4.78 is 0. The van der Waals surface area contributed by atoms with Gasteiger partial charge in [0, 0.05) is 31.2 Å². The van der Waals surface area contributed by atoms with Gasteiger partial charge in [0.05, 0.1) is 0 Å². The number of benzene rings is 1. The lowest BCUT2D eigenvalue weighted by molar-refractivity contribution is 0.0963. The highest BCUT2D eigenvalue weighted by molar-refractivity contribution is 5.93. The van der Waals surface area contributed by atoms with Gasteiger partial charge in [0.15, 0.2) is 0 Å². The second kappa shape index (κ2) is 6.86. The number of hydrogen-bond acceptors (Lipinski definition) is 3. The monoisotopic (exact) mass is 275 g/mol. The molecule has 20 heavy (non-hydrogen) atoms. The highest BCUT2D eigenvalue weighted by Gasteiger charge is 2.21. The van der Waals surface area contributed by atoms with Gasteiger partial charge in [0.2, 0.25) is 0 Å². The summed E-state index contributed by atoms with van der Waals surface area (Å²) in [6.07, 6.45) is 2.41. The SMILES string of the molecule is CNC(=O)c1ccc(CNC2CCN(C)C(C)C2)cc1. The largest absolute Gasteiger partial charge is 0.355 e. The molecule has 0 spiro atoms. The van der Waals surface area contributed by atoms with Crippen LogP contribution in [-0.4, -0.2) is 43.5 Å². The van der Waals surface area contributed by atoms with Crippen LogP contribution in [0.4, 0.5) is 0 Å². The Hall–Kier alpha value is -1.39. The van der Waals surface area contributed by atoms with E-state index in [1.807, 2.05) is 24.3 Å². The third-order valence-corrected chi connectivity index (χ3v) is 4.25. The molecule has 0 aromatic heterocycles. The van der Waals surface area contributed by atoms with Gasteiger partial charge in [-0.2, -0.15) is 0 Å². The maximum absolute atomic E-state index is 11.5. The van der Waals surface area contributed by atoms with E-state index in [1.165, 1.54) is 18.4 Å². The van der Waals surface area contributed by atoms with E-state index < -0.39 is 0 Å². The smallest absolute Gasteiger partial charge is 0.251 e. The van der Waals surface area contributed by atoms with Gasteiger partial charge < -0.3 is 15.5 Å². The Balaban J connectivity index is 1.84. The number of hydrogen-bond donors (Lipinski definition) is 2. The van der Waals surface area contributed by atoms with Crippen LogP contribution in [0.5, 0.6) is 0 Å². The number of carbonyl (C=O) groups is 1. The van der Waals surface area contributed by atoms with Crippen LogP contribution in [0.15, 0.2) is 24.3 Å². The first-order valence-corrected chi connectivity index (χ1v) is 7.35. The van der Waals surface area contributed by atoms with Gasteiger partial charge in [0.25, 0.3) is 5.91 Å². The Bertz CT molecular complexity index is 444. The van der Waals surface area contributed by atoms with Gasteiger partial charge in [-0.25, -0.2) is 0 Å². The number of nitrogens with one attached hydrogen (secondary N) is 2. The van der Waals surface area contributed by atoms with Gasteiger partial charge in [-0.1, -0.05) is 12.1 Å². The topological polar surface area (TPSA) is 44.4 Å². The summed E-state index contributed by atoms with van der Waals surface area (Å²) in [5.41, 5.74) is 1.94. The minimum absolute atomic E-state index is 0.0337. The minimum Gasteiger partial charge on any atom is -0.355 e. The third-order valence-electron chi connectivity index (χ3n) is 4.25. The number of piperidine rings is 1. The molecule has 110 valence electrons. The van der Waals surface area contributed by atoms with Crippen molar-refractivity contribution in [3.8, 4) is 0 Å². The molecule has 1 saturated heterocycles. The molecule has 2 rings (SSSR count). The molecule has 4 heteroatoms. The van der Waals surface area contributed by atoms with Crippen LogP contribution in [0.25, 0.3) is 0 Å². The standard InChI is InChI=1S/C16H25N3O/c1-12-10-15(8-9-19(12)3)18-11-13-4-6-14(7-5-13)16(20)17-2/h4-7,12,15,18H,8-11H2,1-3H3,(H,17,20). The lowest BCUT2D eigenvalue weighted by Gasteiger charge is -2.35. The number of amides is 1. The van der Waals surface area contributed by atoms with Gasteiger partial charge in [-0.3, -0.25) is 4.79 Å². The van der Waals surface area contributed by atoms with Crippen molar-refractivity contribution in [3.05, 3.63) is 35.4 Å². The summed E-state index contributed by atoms with van der Waals surface area (Å²) in [7, 11) is 3.84. The Labute approximate surface area is 121 Å². The average molecular weight is 275 g/mol. The maximum Gasteiger partial charge on any atom is 0.251 e. The predicted molar refractivity (Wildman–Crippen MR) is 81.8 cm³/mol. The first-order valence-electron chi connectivity index (χ1n) is 7.35. The Morgan fingerprint density at radius 3 is 2.65 bits per heavy atom. The van der Waals surface area contributed by atoms with Crippen molar-refractivity contribution >= 4 is 5.91 Å². The second-order valence-corrected chi connectivity index (χ2v) is 5.71. The van der Waals surface area contributed by atoms with Crippen molar-refractivity contribution in [3.63, 3.8) is 0 Å². The van der Waals surface area contributed by atoms with Gasteiger partial charge >= 0.3 is 0 Å². The second-order valence-electron chi connectivity index (χ2n) is 5.71. The molecule has 1 amide bonds. The molecule has 1 aromatic carbocycles. The first-order chi connectivity index (χ1) is 9.60. The Morgan fingerprint density at radius 1 is 1.35 bits per heavy atom. The molecule has 2 atom stereocenters. The number of nitrogens with zero attached hydrogens (tertiary/aromatic N) is 1. The van der Waals surface area contributed by atoms with E-state index in [1.54, 1.807) is 7.05 Å². The van der Waals surface area contributed by atoms with Gasteiger partial charge in [-0.05, 0) is 51.1 Å². The quantitative estimate of drug-likeness (QED) is 0.877. The highest BCUT2D eigenvalue weighted by Crippen LogP contribution is 2.16. The molecule has 1 aliphatic rings. The number of likely N-dealkylation sites (tertiary alicyclic amines) is 1. The van der Waals surface area contributed by atoms with Crippen LogP contribution >= 0.6 is 0 Å². The van der Waals surface area contributed by atoms with Crippen molar-refractivity contribution in [1.29, 1.82) is 0 Å². The van der Waals surface area contributed by atoms with Crippen LogP contribution in [0.2, 0.25) is 0 Å². The summed E-state index contributed by atoms with van der Waals surface area (Å²) in [4.78, 5) is 13.9. The van der Waals surface area contributed by atoms with E-state index in [4.69, 9.17) is 0 Å². The lowest BCUT2D eigenvalue weighted by Crippen LogP contribution is -2.45. The highest BCUT2D eigenvalue weighted by atomic mass is 16.1. The fourth-order valence-corrected chi connectivity index (χ4v) is 2.66. The summed E-state index contributed by atoms with van der Waals surface area (Å²) >= 11 is 0. The molecule has 2 N–H and O–H groups in total. The lowest BCUT2D eigenvalue weighted by atomic mass is 9.98. The molecule has 0 saturated carbocycles. The zero-order valence-electron chi connectivity index (χ0n) is 12.6. The van der Waals surface area contributed by atoms with Crippen LogP contribution in [0.1, 0.15) is 35.7 Å². The molecule has 1 aromatic rings. The van der Waals surface area contributed by atoms with E-state index in [0.29, 0.717) is 17.6 Å². The molecule has 2 unspecified atom stereocenters. The summed E-state index contributed by atoms with van der Waals surface area (Å²) in [5, 5.41) is 6.26. The van der Waals surface area contributed by atoms with Crippen LogP contribution < -0.4 is 10.6 Å². The molecule has 0 radical (unpaired) electrons. The molecule has 1 aliphatic heterocycles. The molecule has 1 heterocycles. The molecule has 4 nitrogen and oxygen atoms in total. The molecular formula is C16H25N3O. The van der Waals surface area contributed by atoms with Crippen molar-refractivity contribution in [2.75, 3.05) is 20.6 Å². The molecular weight excluding hydrogens is 250 g/mol. The van der Waals surface area contributed by atoms with Crippen molar-refractivity contribution in [2.45, 2.75) is 38.4 Å². The Kier molecular flexibility index (Phi) is 5.15. The zero-order valence-corrected chi connectivity index (χ0v) is 12.6. The van der Waals surface area contributed by atoms with E-state index in [9.17, 15) is 4.79 Å². The fourth-order valence-electron chi connectivity index (χ4n) is 2.66. The van der Waals surface area contributed by atoms with Gasteiger partial charge in [-0.15, -0.1) is 0 Å². The number of carbonyl (C=O) groups excluding carboxylic acids is 1. The Morgan fingerprint density at radius 2 is 2.05 bits per heavy atom. The van der Waals surface area contributed by atoms with Crippen molar-refractivity contribution in [1.82, 2.24) is 15.5 Å². The maximum atomic E-state index is 11.5. The average Bonchev–Trinajstić information content (AvgIpc) is 2.48. The van der Waals surface area contributed by atoms with E-state index in [-0.39, 0.29) is 5.91 Å². The zero-order chi connectivity index (χ0) is 14.5. The van der Waals surface area contributed by atoms with Crippen molar-refractivity contribution < 1.29 is 4.79 Å². The summed E-state index contributed by atoms with van der Waals surface area (Å²) in [6.45, 7) is 4.32. The third kappa shape index (κ3) is 3.81. The van der Waals surface area contributed by atoms with Crippen LogP contribution in [0, 0.1) is 0 Å². The minimum atomic E-state index is -0.0337. The van der Waals surface area contributed by atoms with E-state index in [2.05, 4.69) is 29.5 Å². The fraction of sp³-hybridized carbons (Fsp3) is 0.562. The van der Waals surface area contributed by atoms with E-state index in [0.717, 1.165) is 13.1 Å². The van der Waals surface area contributed by atoms with Gasteiger partial charge in [0.1, 0.15) is 0 Å². The number of rotatable bonds is 4. The van der Waals surface area contributed by atoms with Crippen LogP contribution in [0.3, 0.4) is 0 Å². The van der Waals surface area contributed by atoms with Crippen LogP contribution in [-0.2, 0) is 6.54 Å². The summed E-state index contributed by atoms with van der Waals surface area (Å²) in [6, 6.07) is 9.06. The first kappa shape index (κ1) is 15.0. The summed E-state index contributed by atoms with van der Waals surface area (Å²) in [5.74, 6) is -0.0337.